The van der Waals surface area contributed by atoms with Gasteiger partial charge in [-0.15, -0.1) is 0 Å². The number of aromatic nitrogens is 1. The Morgan fingerprint density at radius 3 is 2.68 bits per heavy atom. The summed E-state index contributed by atoms with van der Waals surface area (Å²) in [4.78, 5) is 26.2. The van der Waals surface area contributed by atoms with Crippen LogP contribution in [0, 0.1) is 5.92 Å². The Hall–Kier alpha value is -1.98. The van der Waals surface area contributed by atoms with Crippen molar-refractivity contribution in [2.24, 2.45) is 5.92 Å². The van der Waals surface area contributed by atoms with E-state index < -0.39 is 5.60 Å². The smallest absolute Gasteiger partial charge is 0.410 e. The summed E-state index contributed by atoms with van der Waals surface area (Å²) < 4.78 is 7.28. The largest absolute Gasteiger partial charge is 0.444 e. The van der Waals surface area contributed by atoms with E-state index >= 15 is 0 Å². The topological polar surface area (TPSA) is 77.6 Å². The van der Waals surface area contributed by atoms with Crippen LogP contribution in [-0.2, 0) is 11.3 Å². The predicted molar refractivity (Wildman–Crippen MR) is 83.8 cm³/mol. The summed E-state index contributed by atoms with van der Waals surface area (Å²) in [5, 5.41) is 0. The van der Waals surface area contributed by atoms with Crippen LogP contribution in [-0.4, -0.2) is 34.3 Å². The summed E-state index contributed by atoms with van der Waals surface area (Å²) in [6, 6.07) is 3.33. The molecule has 1 saturated heterocycles. The van der Waals surface area contributed by atoms with Crippen molar-refractivity contribution in [1.82, 2.24) is 9.47 Å². The van der Waals surface area contributed by atoms with Crippen molar-refractivity contribution >= 4 is 11.8 Å². The highest BCUT2D eigenvalue weighted by molar-refractivity contribution is 5.68. The van der Waals surface area contributed by atoms with Gasteiger partial charge in [0.1, 0.15) is 5.60 Å². The van der Waals surface area contributed by atoms with Gasteiger partial charge in [-0.3, -0.25) is 4.79 Å². The number of hydrogen-bond acceptors (Lipinski definition) is 4. The van der Waals surface area contributed by atoms with E-state index in [1.54, 1.807) is 4.90 Å². The molecule has 6 heteroatoms. The number of anilines is 1. The van der Waals surface area contributed by atoms with Gasteiger partial charge in [-0.2, -0.15) is 0 Å². The first-order chi connectivity index (χ1) is 10.2. The van der Waals surface area contributed by atoms with Crippen molar-refractivity contribution in [1.29, 1.82) is 0 Å². The summed E-state index contributed by atoms with van der Waals surface area (Å²) >= 11 is 0. The lowest BCUT2D eigenvalue weighted by Crippen LogP contribution is -2.50. The van der Waals surface area contributed by atoms with Crippen LogP contribution in [0.4, 0.5) is 10.5 Å². The maximum Gasteiger partial charge on any atom is 0.410 e. The average Bonchev–Trinajstić information content (AvgIpc) is 2.38. The zero-order valence-corrected chi connectivity index (χ0v) is 13.3. The Labute approximate surface area is 129 Å². The van der Waals surface area contributed by atoms with Gasteiger partial charge in [0.05, 0.1) is 0 Å². The standard InChI is InChI=1S/C16H23N3O3/c1-16(2,3)22-15(21)18-7-10-4-11(9-18)13-5-12(17)6-14(20)19(13)8-10/h5-6,10-11H,4,7-9,17H2,1-3H3/t10-,11+/m0/s1. The normalized spacial score (nSPS) is 23.9. The van der Waals surface area contributed by atoms with Crippen LogP contribution in [0.2, 0.25) is 0 Å². The zero-order chi connectivity index (χ0) is 16.1. The predicted octanol–water partition coefficient (Wildman–Crippen LogP) is 1.78. The molecule has 0 saturated carbocycles. The fraction of sp³-hybridized carbons (Fsp3) is 0.625. The summed E-state index contributed by atoms with van der Waals surface area (Å²) in [7, 11) is 0. The van der Waals surface area contributed by atoms with Crippen molar-refractivity contribution in [2.45, 2.75) is 45.3 Å². The van der Waals surface area contributed by atoms with Crippen LogP contribution in [0.5, 0.6) is 0 Å². The van der Waals surface area contributed by atoms with Gasteiger partial charge in [0, 0.05) is 43.0 Å². The fourth-order valence-electron chi connectivity index (χ4n) is 3.46. The van der Waals surface area contributed by atoms with Crippen molar-refractivity contribution in [2.75, 3.05) is 18.8 Å². The molecule has 1 amide bonds. The molecule has 2 atom stereocenters. The Bertz CT molecular complexity index is 660. The number of nitrogen functional groups attached to an aromatic ring is 1. The molecular weight excluding hydrogens is 282 g/mol. The minimum Gasteiger partial charge on any atom is -0.444 e. The van der Waals surface area contributed by atoms with Crippen molar-refractivity contribution in [3.8, 4) is 0 Å². The number of piperidine rings is 1. The molecule has 6 nitrogen and oxygen atoms in total. The molecular formula is C16H23N3O3. The third kappa shape index (κ3) is 2.82. The average molecular weight is 305 g/mol. The number of hydrogen-bond donors (Lipinski definition) is 1. The van der Waals surface area contributed by atoms with Gasteiger partial charge in [-0.1, -0.05) is 0 Å². The lowest BCUT2D eigenvalue weighted by Gasteiger charge is -2.42. The summed E-state index contributed by atoms with van der Waals surface area (Å²) in [5.74, 6) is 0.441. The second-order valence-electron chi connectivity index (χ2n) is 7.35. The van der Waals surface area contributed by atoms with E-state index in [4.69, 9.17) is 10.5 Å². The van der Waals surface area contributed by atoms with Crippen LogP contribution < -0.4 is 11.3 Å². The Morgan fingerprint density at radius 1 is 1.27 bits per heavy atom. The molecule has 0 aliphatic carbocycles. The fourth-order valence-corrected chi connectivity index (χ4v) is 3.46. The Morgan fingerprint density at radius 2 is 2.00 bits per heavy atom. The SMILES string of the molecule is CC(C)(C)OC(=O)N1C[C@@H]2C[C@H](C1)c1cc(N)cc(=O)n1C2. The van der Waals surface area contributed by atoms with E-state index in [0.717, 1.165) is 12.1 Å². The molecule has 0 unspecified atom stereocenters. The van der Waals surface area contributed by atoms with Gasteiger partial charge >= 0.3 is 6.09 Å². The van der Waals surface area contributed by atoms with Crippen LogP contribution in [0.3, 0.4) is 0 Å². The lowest BCUT2D eigenvalue weighted by molar-refractivity contribution is 0.0102. The minimum absolute atomic E-state index is 0.0459. The van der Waals surface area contributed by atoms with Gasteiger partial charge in [0.25, 0.3) is 5.56 Å². The molecule has 1 fully saturated rings. The number of carbonyl (C=O) groups is 1. The van der Waals surface area contributed by atoms with Gasteiger partial charge in [0.2, 0.25) is 0 Å². The lowest BCUT2D eigenvalue weighted by atomic mass is 9.83. The van der Waals surface area contributed by atoms with E-state index in [2.05, 4.69) is 0 Å². The van der Waals surface area contributed by atoms with Gasteiger partial charge in [-0.25, -0.2) is 4.79 Å². The van der Waals surface area contributed by atoms with Gasteiger partial charge in [0.15, 0.2) is 0 Å². The molecule has 1 aromatic rings. The minimum atomic E-state index is -0.497. The first kappa shape index (κ1) is 14.9. The summed E-state index contributed by atoms with van der Waals surface area (Å²) in [5.41, 5.74) is 6.70. The molecule has 1 aromatic heterocycles. The molecule has 2 N–H and O–H groups in total. The Kier molecular flexibility index (Phi) is 3.42. The highest BCUT2D eigenvalue weighted by Gasteiger charge is 2.37. The van der Waals surface area contributed by atoms with Crippen LogP contribution in [0.1, 0.15) is 38.8 Å². The molecule has 0 aromatic carbocycles. The van der Waals surface area contributed by atoms with E-state index in [-0.39, 0.29) is 17.6 Å². The number of ether oxygens (including phenoxy) is 1. The molecule has 2 aliphatic rings. The number of amides is 1. The Balaban J connectivity index is 1.85. The summed E-state index contributed by atoms with van der Waals surface area (Å²) in [6.07, 6.45) is 0.712. The second kappa shape index (κ2) is 5.04. The molecule has 3 rings (SSSR count). The zero-order valence-electron chi connectivity index (χ0n) is 13.3. The van der Waals surface area contributed by atoms with Crippen LogP contribution >= 0.6 is 0 Å². The van der Waals surface area contributed by atoms with Crippen molar-refractivity contribution in [3.05, 3.63) is 28.2 Å². The molecule has 2 aliphatic heterocycles. The third-order valence-corrected chi connectivity index (χ3v) is 4.23. The van der Waals surface area contributed by atoms with Crippen LogP contribution in [0.15, 0.2) is 16.9 Å². The number of likely N-dealkylation sites (tertiary alicyclic amines) is 1. The maximum atomic E-state index is 12.3. The van der Waals surface area contributed by atoms with E-state index in [0.29, 0.717) is 31.2 Å². The number of pyridine rings is 1. The molecule has 0 spiro atoms. The number of fused-ring (bicyclic) bond motifs is 4. The monoisotopic (exact) mass is 305 g/mol. The van der Waals surface area contributed by atoms with Gasteiger partial charge in [-0.05, 0) is 39.2 Å². The molecule has 2 bridgehead atoms. The highest BCUT2D eigenvalue weighted by Crippen LogP contribution is 2.36. The number of rotatable bonds is 0. The second-order valence-corrected chi connectivity index (χ2v) is 7.35. The van der Waals surface area contributed by atoms with Gasteiger partial charge < -0.3 is 19.9 Å². The first-order valence-electron chi connectivity index (χ1n) is 7.71. The number of nitrogens with two attached hydrogens (primary N) is 1. The van der Waals surface area contributed by atoms with Crippen molar-refractivity contribution in [3.63, 3.8) is 0 Å². The maximum absolute atomic E-state index is 12.3. The first-order valence-corrected chi connectivity index (χ1v) is 7.71. The summed E-state index contributed by atoms with van der Waals surface area (Å²) in [6.45, 7) is 7.46. The third-order valence-electron chi connectivity index (χ3n) is 4.23. The molecule has 120 valence electrons. The molecule has 3 heterocycles. The number of nitrogens with zero attached hydrogens (tertiary/aromatic N) is 2. The van der Waals surface area contributed by atoms with E-state index in [1.165, 1.54) is 6.07 Å². The number of carbonyl (C=O) groups excluding carboxylic acids is 1. The van der Waals surface area contributed by atoms with Crippen molar-refractivity contribution < 1.29 is 9.53 Å². The molecule has 22 heavy (non-hydrogen) atoms. The van der Waals surface area contributed by atoms with Crippen LogP contribution in [0.25, 0.3) is 0 Å². The van der Waals surface area contributed by atoms with E-state index in [1.807, 2.05) is 31.4 Å². The van der Waals surface area contributed by atoms with E-state index in [9.17, 15) is 9.59 Å². The molecule has 0 radical (unpaired) electrons. The highest BCUT2D eigenvalue weighted by atomic mass is 16.6. The quantitative estimate of drug-likeness (QED) is 0.792.